The van der Waals surface area contributed by atoms with Crippen molar-refractivity contribution < 1.29 is 9.53 Å². The fraction of sp³-hybridized carbons (Fsp3) is 0.417. The molecule has 1 unspecified atom stereocenters. The molecule has 1 aromatic rings. The van der Waals surface area contributed by atoms with Gasteiger partial charge in [-0.1, -0.05) is 18.2 Å². The zero-order valence-electron chi connectivity index (χ0n) is 9.32. The summed E-state index contributed by atoms with van der Waals surface area (Å²) in [5, 5.41) is 6.13. The molecule has 0 radical (unpaired) electrons. The van der Waals surface area contributed by atoms with E-state index in [1.54, 1.807) is 6.92 Å². The molecule has 1 amide bonds. The van der Waals surface area contributed by atoms with Crippen LogP contribution in [0.4, 0.5) is 10.5 Å². The molecule has 0 fully saturated rings. The summed E-state index contributed by atoms with van der Waals surface area (Å²) in [7, 11) is 0. The molecular weight excluding hydrogens is 204 g/mol. The van der Waals surface area contributed by atoms with Gasteiger partial charge in [0, 0.05) is 12.2 Å². The highest BCUT2D eigenvalue weighted by Crippen LogP contribution is 2.20. The van der Waals surface area contributed by atoms with Crippen molar-refractivity contribution in [2.24, 2.45) is 0 Å². The van der Waals surface area contributed by atoms with Crippen molar-refractivity contribution in [2.75, 3.05) is 18.5 Å². The van der Waals surface area contributed by atoms with Crippen LogP contribution in [0.1, 0.15) is 12.5 Å². The summed E-state index contributed by atoms with van der Waals surface area (Å²) in [5.41, 5.74) is 2.39. The predicted molar refractivity (Wildman–Crippen MR) is 62.6 cm³/mol. The largest absolute Gasteiger partial charge is 0.450 e. The zero-order valence-corrected chi connectivity index (χ0v) is 9.32. The van der Waals surface area contributed by atoms with Crippen LogP contribution in [0, 0.1) is 0 Å². The minimum atomic E-state index is -0.339. The fourth-order valence-electron chi connectivity index (χ4n) is 1.88. The van der Waals surface area contributed by atoms with Crippen molar-refractivity contribution in [3.8, 4) is 0 Å². The SMILES string of the molecule is CCOC(=O)NC1CNc2ccccc2C1. The lowest BCUT2D eigenvalue weighted by atomic mass is 10.00. The van der Waals surface area contributed by atoms with E-state index in [0.717, 1.165) is 18.7 Å². The molecule has 0 spiro atoms. The monoisotopic (exact) mass is 220 g/mol. The number of anilines is 1. The first-order valence-electron chi connectivity index (χ1n) is 5.54. The zero-order chi connectivity index (χ0) is 11.4. The number of amides is 1. The van der Waals surface area contributed by atoms with Crippen molar-refractivity contribution in [3.63, 3.8) is 0 Å². The number of alkyl carbamates (subject to hydrolysis) is 1. The van der Waals surface area contributed by atoms with Crippen LogP contribution >= 0.6 is 0 Å². The van der Waals surface area contributed by atoms with Crippen LogP contribution in [-0.2, 0) is 11.2 Å². The van der Waals surface area contributed by atoms with Gasteiger partial charge in [-0.3, -0.25) is 0 Å². The van der Waals surface area contributed by atoms with Crippen molar-refractivity contribution in [1.82, 2.24) is 5.32 Å². The Labute approximate surface area is 95.0 Å². The number of ether oxygens (including phenoxy) is 1. The molecule has 1 aliphatic rings. The Morgan fingerprint density at radius 3 is 3.19 bits per heavy atom. The van der Waals surface area contributed by atoms with Crippen LogP contribution in [-0.4, -0.2) is 25.3 Å². The van der Waals surface area contributed by atoms with Gasteiger partial charge in [0.1, 0.15) is 0 Å². The van der Waals surface area contributed by atoms with Crippen molar-refractivity contribution in [3.05, 3.63) is 29.8 Å². The number of fused-ring (bicyclic) bond motifs is 1. The summed E-state index contributed by atoms with van der Waals surface area (Å²) in [6.45, 7) is 2.95. The summed E-state index contributed by atoms with van der Waals surface area (Å²) in [4.78, 5) is 11.3. The molecule has 0 aliphatic carbocycles. The second-order valence-corrected chi connectivity index (χ2v) is 3.80. The Hall–Kier alpha value is -1.71. The van der Waals surface area contributed by atoms with E-state index >= 15 is 0 Å². The average Bonchev–Trinajstić information content (AvgIpc) is 2.29. The number of nitrogens with one attached hydrogen (secondary N) is 2. The Kier molecular flexibility index (Phi) is 3.29. The van der Waals surface area contributed by atoms with Crippen LogP contribution < -0.4 is 10.6 Å². The smallest absolute Gasteiger partial charge is 0.407 e. The fourth-order valence-corrected chi connectivity index (χ4v) is 1.88. The average molecular weight is 220 g/mol. The van der Waals surface area contributed by atoms with E-state index in [2.05, 4.69) is 22.8 Å². The molecule has 86 valence electrons. The van der Waals surface area contributed by atoms with E-state index in [-0.39, 0.29) is 12.1 Å². The second-order valence-electron chi connectivity index (χ2n) is 3.80. The molecule has 1 heterocycles. The Balaban J connectivity index is 1.95. The molecule has 1 aromatic carbocycles. The van der Waals surface area contributed by atoms with Gasteiger partial charge in [0.25, 0.3) is 0 Å². The molecule has 0 aromatic heterocycles. The van der Waals surface area contributed by atoms with Gasteiger partial charge >= 0.3 is 6.09 Å². The maximum Gasteiger partial charge on any atom is 0.407 e. The summed E-state index contributed by atoms with van der Waals surface area (Å²) >= 11 is 0. The molecule has 0 bridgehead atoms. The number of benzene rings is 1. The summed E-state index contributed by atoms with van der Waals surface area (Å²) in [6, 6.07) is 8.24. The first-order valence-corrected chi connectivity index (χ1v) is 5.54. The molecule has 4 heteroatoms. The Morgan fingerprint density at radius 1 is 1.56 bits per heavy atom. The molecule has 0 saturated heterocycles. The quantitative estimate of drug-likeness (QED) is 0.798. The van der Waals surface area contributed by atoms with Crippen LogP contribution in [0.3, 0.4) is 0 Å². The summed E-state index contributed by atoms with van der Waals surface area (Å²) in [5.74, 6) is 0. The number of carbonyl (C=O) groups is 1. The lowest BCUT2D eigenvalue weighted by Crippen LogP contribution is -2.43. The van der Waals surface area contributed by atoms with Crippen molar-refractivity contribution in [1.29, 1.82) is 0 Å². The highest BCUT2D eigenvalue weighted by molar-refractivity contribution is 5.68. The first kappa shape index (κ1) is 10.8. The van der Waals surface area contributed by atoms with E-state index in [0.29, 0.717) is 6.61 Å². The third kappa shape index (κ3) is 2.45. The number of carbonyl (C=O) groups excluding carboxylic acids is 1. The molecule has 1 aliphatic heterocycles. The summed E-state index contributed by atoms with van der Waals surface area (Å²) < 4.78 is 4.85. The van der Waals surface area contributed by atoms with Crippen LogP contribution in [0.5, 0.6) is 0 Å². The first-order chi connectivity index (χ1) is 7.79. The molecule has 0 saturated carbocycles. The standard InChI is InChI=1S/C12H16N2O2/c1-2-16-12(15)14-10-7-9-5-3-4-6-11(9)13-8-10/h3-6,10,13H,2,7-8H2,1H3,(H,14,15). The second kappa shape index (κ2) is 4.88. The third-order valence-corrected chi connectivity index (χ3v) is 2.62. The highest BCUT2D eigenvalue weighted by Gasteiger charge is 2.19. The van der Waals surface area contributed by atoms with Crippen LogP contribution in [0.2, 0.25) is 0 Å². The maximum atomic E-state index is 11.3. The summed E-state index contributed by atoms with van der Waals surface area (Å²) in [6.07, 6.45) is 0.510. The van der Waals surface area contributed by atoms with Gasteiger partial charge in [-0.2, -0.15) is 0 Å². The highest BCUT2D eigenvalue weighted by atomic mass is 16.5. The van der Waals surface area contributed by atoms with E-state index in [9.17, 15) is 4.79 Å². The molecule has 4 nitrogen and oxygen atoms in total. The van der Waals surface area contributed by atoms with Gasteiger partial charge in [0.15, 0.2) is 0 Å². The molecule has 1 atom stereocenters. The molecule has 2 rings (SSSR count). The van der Waals surface area contributed by atoms with Gasteiger partial charge in [-0.05, 0) is 25.0 Å². The minimum absolute atomic E-state index is 0.106. The number of hydrogen-bond acceptors (Lipinski definition) is 3. The number of para-hydroxylation sites is 1. The van der Waals surface area contributed by atoms with E-state index in [4.69, 9.17) is 4.74 Å². The van der Waals surface area contributed by atoms with E-state index in [1.165, 1.54) is 5.56 Å². The Morgan fingerprint density at radius 2 is 2.38 bits per heavy atom. The Bertz CT molecular complexity index is 379. The number of hydrogen-bond donors (Lipinski definition) is 2. The van der Waals surface area contributed by atoms with Gasteiger partial charge < -0.3 is 15.4 Å². The van der Waals surface area contributed by atoms with Crippen LogP contribution in [0.25, 0.3) is 0 Å². The third-order valence-electron chi connectivity index (χ3n) is 2.62. The van der Waals surface area contributed by atoms with E-state index in [1.807, 2.05) is 12.1 Å². The lowest BCUT2D eigenvalue weighted by molar-refractivity contribution is 0.148. The van der Waals surface area contributed by atoms with Gasteiger partial charge in [0.2, 0.25) is 0 Å². The van der Waals surface area contributed by atoms with Crippen LogP contribution in [0.15, 0.2) is 24.3 Å². The van der Waals surface area contributed by atoms with Crippen molar-refractivity contribution >= 4 is 11.8 Å². The van der Waals surface area contributed by atoms with Gasteiger partial charge in [-0.25, -0.2) is 4.79 Å². The van der Waals surface area contributed by atoms with Crippen molar-refractivity contribution in [2.45, 2.75) is 19.4 Å². The maximum absolute atomic E-state index is 11.3. The van der Waals surface area contributed by atoms with Gasteiger partial charge in [-0.15, -0.1) is 0 Å². The molecular formula is C12H16N2O2. The minimum Gasteiger partial charge on any atom is -0.450 e. The normalized spacial score (nSPS) is 18.2. The number of rotatable bonds is 2. The molecule has 2 N–H and O–H groups in total. The van der Waals surface area contributed by atoms with Gasteiger partial charge in [0.05, 0.1) is 12.6 Å². The predicted octanol–water partition coefficient (Wildman–Crippen LogP) is 1.77. The molecule has 16 heavy (non-hydrogen) atoms. The topological polar surface area (TPSA) is 50.4 Å². The lowest BCUT2D eigenvalue weighted by Gasteiger charge is -2.26. The van der Waals surface area contributed by atoms with E-state index < -0.39 is 0 Å².